The van der Waals surface area contributed by atoms with Gasteiger partial charge in [-0.2, -0.15) is 8.78 Å². The van der Waals surface area contributed by atoms with E-state index in [2.05, 4.69) is 27.2 Å². The van der Waals surface area contributed by atoms with Gasteiger partial charge in [0.2, 0.25) is 5.91 Å². The molecular formula is C14H20ClF2N3O2. The van der Waals surface area contributed by atoms with E-state index in [0.717, 1.165) is 19.6 Å². The summed E-state index contributed by atoms with van der Waals surface area (Å²) in [6, 6.07) is 6.18. The molecule has 1 atom stereocenters. The Morgan fingerprint density at radius 1 is 1.45 bits per heavy atom. The Hall–Kier alpha value is -1.44. The number of ether oxygens (including phenoxy) is 1. The van der Waals surface area contributed by atoms with E-state index in [9.17, 15) is 13.6 Å². The summed E-state index contributed by atoms with van der Waals surface area (Å²) in [5.74, 6) is -0.0509. The Balaban J connectivity index is 0.00000242. The van der Waals surface area contributed by atoms with Crippen molar-refractivity contribution in [2.75, 3.05) is 31.5 Å². The number of alkyl halides is 2. The lowest BCUT2D eigenvalue weighted by Gasteiger charge is -2.33. The quantitative estimate of drug-likeness (QED) is 0.863. The number of carbonyl (C=O) groups excluding carboxylic acids is 1. The number of hydrogen-bond acceptors (Lipinski definition) is 4. The van der Waals surface area contributed by atoms with Crippen LogP contribution in [0.1, 0.15) is 6.92 Å². The molecule has 22 heavy (non-hydrogen) atoms. The molecule has 0 radical (unpaired) electrons. The summed E-state index contributed by atoms with van der Waals surface area (Å²) in [5.41, 5.74) is 0.560. The van der Waals surface area contributed by atoms with Crippen LogP contribution in [0.3, 0.4) is 0 Å². The van der Waals surface area contributed by atoms with E-state index in [1.54, 1.807) is 0 Å². The van der Waals surface area contributed by atoms with E-state index in [1.165, 1.54) is 24.3 Å². The second-order valence-electron chi connectivity index (χ2n) is 4.97. The molecule has 0 saturated carbocycles. The smallest absolute Gasteiger partial charge is 0.387 e. The second kappa shape index (κ2) is 8.87. The van der Waals surface area contributed by atoms with Crippen molar-refractivity contribution in [3.05, 3.63) is 24.3 Å². The van der Waals surface area contributed by atoms with Crippen molar-refractivity contribution in [1.29, 1.82) is 0 Å². The van der Waals surface area contributed by atoms with Crippen molar-refractivity contribution in [3.8, 4) is 5.75 Å². The molecule has 1 saturated heterocycles. The zero-order valence-corrected chi connectivity index (χ0v) is 13.0. The molecule has 5 nitrogen and oxygen atoms in total. The van der Waals surface area contributed by atoms with Crippen molar-refractivity contribution in [1.82, 2.24) is 10.2 Å². The first-order valence-corrected chi connectivity index (χ1v) is 6.84. The standard InChI is InChI=1S/C14H19F2N3O2.ClH/c1-10-8-17-6-7-19(10)9-13(20)18-11-2-4-12(5-3-11)21-14(15)16;/h2-5,10,14,17H,6-9H2,1H3,(H,18,20);1H/t10-;/m0./s1. The fourth-order valence-corrected chi connectivity index (χ4v) is 2.22. The van der Waals surface area contributed by atoms with Gasteiger partial charge in [-0.15, -0.1) is 12.4 Å². The summed E-state index contributed by atoms with van der Waals surface area (Å²) >= 11 is 0. The molecule has 0 bridgehead atoms. The fourth-order valence-electron chi connectivity index (χ4n) is 2.22. The molecule has 0 aliphatic carbocycles. The molecule has 2 N–H and O–H groups in total. The van der Waals surface area contributed by atoms with Crippen LogP contribution in [0, 0.1) is 0 Å². The fraction of sp³-hybridized carbons (Fsp3) is 0.500. The van der Waals surface area contributed by atoms with Gasteiger partial charge in [-0.25, -0.2) is 0 Å². The van der Waals surface area contributed by atoms with Crippen LogP contribution in [0.2, 0.25) is 0 Å². The SMILES string of the molecule is C[C@H]1CNCCN1CC(=O)Nc1ccc(OC(F)F)cc1.Cl. The normalized spacial score (nSPS) is 18.6. The average Bonchev–Trinajstić information content (AvgIpc) is 2.43. The van der Waals surface area contributed by atoms with Gasteiger partial charge in [0.1, 0.15) is 5.75 Å². The van der Waals surface area contributed by atoms with Crippen LogP contribution in [-0.2, 0) is 4.79 Å². The second-order valence-corrected chi connectivity index (χ2v) is 4.97. The first-order chi connectivity index (χ1) is 10.0. The van der Waals surface area contributed by atoms with Crippen molar-refractivity contribution in [2.24, 2.45) is 0 Å². The zero-order chi connectivity index (χ0) is 15.2. The average molecular weight is 336 g/mol. The van der Waals surface area contributed by atoms with Crippen LogP contribution in [0.4, 0.5) is 14.5 Å². The van der Waals surface area contributed by atoms with Crippen LogP contribution in [0.25, 0.3) is 0 Å². The van der Waals surface area contributed by atoms with Gasteiger partial charge in [0.25, 0.3) is 0 Å². The van der Waals surface area contributed by atoms with E-state index < -0.39 is 6.61 Å². The van der Waals surface area contributed by atoms with Crippen molar-refractivity contribution in [3.63, 3.8) is 0 Å². The minimum Gasteiger partial charge on any atom is -0.435 e. The Morgan fingerprint density at radius 3 is 2.73 bits per heavy atom. The van der Waals surface area contributed by atoms with Gasteiger partial charge >= 0.3 is 6.61 Å². The third kappa shape index (κ3) is 5.75. The molecule has 1 aliphatic heterocycles. The third-order valence-corrected chi connectivity index (χ3v) is 3.35. The summed E-state index contributed by atoms with van der Waals surface area (Å²) in [6.45, 7) is 2.10. The molecule has 0 unspecified atom stereocenters. The summed E-state index contributed by atoms with van der Waals surface area (Å²) in [6.07, 6.45) is 0. The summed E-state index contributed by atoms with van der Waals surface area (Å²) < 4.78 is 28.3. The van der Waals surface area contributed by atoms with E-state index in [1.807, 2.05) is 0 Å². The Kier molecular flexibility index (Phi) is 7.50. The van der Waals surface area contributed by atoms with Crippen LogP contribution >= 0.6 is 12.4 Å². The molecule has 1 amide bonds. The molecule has 0 aromatic heterocycles. The highest BCUT2D eigenvalue weighted by Crippen LogP contribution is 2.17. The molecule has 1 aliphatic rings. The molecular weight excluding hydrogens is 316 g/mol. The van der Waals surface area contributed by atoms with Crippen LogP contribution in [-0.4, -0.2) is 49.6 Å². The zero-order valence-electron chi connectivity index (χ0n) is 12.2. The topological polar surface area (TPSA) is 53.6 Å². The van der Waals surface area contributed by atoms with E-state index >= 15 is 0 Å². The molecule has 1 heterocycles. The number of carbonyl (C=O) groups is 1. The number of halogens is 3. The van der Waals surface area contributed by atoms with Gasteiger partial charge in [-0.1, -0.05) is 0 Å². The maximum atomic E-state index is 12.0. The number of hydrogen-bond donors (Lipinski definition) is 2. The van der Waals surface area contributed by atoms with Gasteiger partial charge in [-0.3, -0.25) is 9.69 Å². The van der Waals surface area contributed by atoms with Gasteiger partial charge in [0, 0.05) is 31.4 Å². The lowest BCUT2D eigenvalue weighted by molar-refractivity contribution is -0.118. The lowest BCUT2D eigenvalue weighted by atomic mass is 10.2. The first kappa shape index (κ1) is 18.6. The number of benzene rings is 1. The van der Waals surface area contributed by atoms with Crippen LogP contribution < -0.4 is 15.4 Å². The van der Waals surface area contributed by atoms with Crippen molar-refractivity contribution >= 4 is 24.0 Å². The number of amides is 1. The maximum Gasteiger partial charge on any atom is 0.387 e. The molecule has 1 aromatic carbocycles. The highest BCUT2D eigenvalue weighted by atomic mass is 35.5. The number of nitrogens with zero attached hydrogens (tertiary/aromatic N) is 1. The monoisotopic (exact) mass is 335 g/mol. The molecule has 2 rings (SSSR count). The van der Waals surface area contributed by atoms with Gasteiger partial charge in [0.15, 0.2) is 0 Å². The minimum atomic E-state index is -2.85. The Labute approximate surface area is 134 Å². The summed E-state index contributed by atoms with van der Waals surface area (Å²) in [7, 11) is 0. The largest absolute Gasteiger partial charge is 0.435 e. The molecule has 8 heteroatoms. The minimum absolute atomic E-state index is 0. The number of rotatable bonds is 5. The maximum absolute atomic E-state index is 12.0. The summed E-state index contributed by atoms with van der Waals surface area (Å²) in [5, 5.41) is 6.01. The van der Waals surface area contributed by atoms with E-state index in [-0.39, 0.29) is 24.1 Å². The predicted molar refractivity (Wildman–Crippen MR) is 82.9 cm³/mol. The van der Waals surface area contributed by atoms with E-state index in [4.69, 9.17) is 0 Å². The van der Waals surface area contributed by atoms with Crippen molar-refractivity contribution in [2.45, 2.75) is 19.6 Å². The lowest BCUT2D eigenvalue weighted by Crippen LogP contribution is -2.51. The van der Waals surface area contributed by atoms with Crippen LogP contribution in [0.5, 0.6) is 5.75 Å². The highest BCUT2D eigenvalue weighted by Gasteiger charge is 2.20. The Bertz CT molecular complexity index is 474. The van der Waals surface area contributed by atoms with Crippen molar-refractivity contribution < 1.29 is 18.3 Å². The number of piperazine rings is 1. The predicted octanol–water partition coefficient (Wildman–Crippen LogP) is 1.94. The number of anilines is 1. The molecule has 1 aromatic rings. The molecule has 0 spiro atoms. The highest BCUT2D eigenvalue weighted by molar-refractivity contribution is 5.92. The first-order valence-electron chi connectivity index (χ1n) is 6.84. The van der Waals surface area contributed by atoms with Gasteiger partial charge in [0.05, 0.1) is 6.54 Å². The molecule has 1 fully saturated rings. The van der Waals surface area contributed by atoms with E-state index in [0.29, 0.717) is 18.3 Å². The van der Waals surface area contributed by atoms with Crippen LogP contribution in [0.15, 0.2) is 24.3 Å². The van der Waals surface area contributed by atoms with Gasteiger partial charge in [-0.05, 0) is 31.2 Å². The Morgan fingerprint density at radius 2 is 2.14 bits per heavy atom. The number of nitrogens with one attached hydrogen (secondary N) is 2. The molecule has 124 valence electrons. The van der Waals surface area contributed by atoms with Gasteiger partial charge < -0.3 is 15.4 Å². The third-order valence-electron chi connectivity index (χ3n) is 3.35. The summed E-state index contributed by atoms with van der Waals surface area (Å²) in [4.78, 5) is 14.1.